The third-order valence-electron chi connectivity index (χ3n) is 1.78. The molecule has 1 amide bonds. The molecule has 1 unspecified atom stereocenters. The van der Waals surface area contributed by atoms with E-state index in [9.17, 15) is 9.59 Å². The highest BCUT2D eigenvalue weighted by Gasteiger charge is 2.29. The number of nitrogens with one attached hydrogen (secondary N) is 2. The van der Waals surface area contributed by atoms with Gasteiger partial charge in [-0.25, -0.2) is 0 Å². The summed E-state index contributed by atoms with van der Waals surface area (Å²) >= 11 is 0. The summed E-state index contributed by atoms with van der Waals surface area (Å²) in [5.41, 5.74) is 4.64. The van der Waals surface area contributed by atoms with Gasteiger partial charge in [0.05, 0.1) is 6.54 Å². The lowest BCUT2D eigenvalue weighted by atomic mass is 9.89. The van der Waals surface area contributed by atoms with Gasteiger partial charge < -0.3 is 11.1 Å². The van der Waals surface area contributed by atoms with Crippen LogP contribution in [0.3, 0.4) is 0 Å². The molecule has 5 heteroatoms. The predicted octanol–water partition coefficient (Wildman–Crippen LogP) is -0.778. The molecule has 0 rings (SSSR count). The molecule has 0 saturated heterocycles. The average molecular weight is 201 g/mol. The van der Waals surface area contributed by atoms with Gasteiger partial charge in [0.2, 0.25) is 5.91 Å². The van der Waals surface area contributed by atoms with E-state index in [1.165, 1.54) is 0 Å². The van der Waals surface area contributed by atoms with E-state index in [-0.39, 0.29) is 18.2 Å². The Morgan fingerprint density at radius 1 is 1.36 bits per heavy atom. The molecule has 0 radical (unpaired) electrons. The second-order valence-electron chi connectivity index (χ2n) is 4.11. The summed E-state index contributed by atoms with van der Waals surface area (Å²) in [6.07, 6.45) is -0.661. The number of rotatable bonds is 4. The summed E-state index contributed by atoms with van der Waals surface area (Å²) in [6.45, 7) is 5.28. The highest BCUT2D eigenvalue weighted by atomic mass is 16.2. The number of carbonyl (C=O) groups excluding carboxylic acids is 2. The number of likely N-dealkylation sites (N-methyl/N-ethyl adjacent to an activating group) is 1. The van der Waals surface area contributed by atoms with E-state index in [4.69, 9.17) is 5.73 Å². The van der Waals surface area contributed by atoms with Crippen LogP contribution in [0.15, 0.2) is 0 Å². The van der Waals surface area contributed by atoms with Crippen molar-refractivity contribution in [1.82, 2.24) is 10.6 Å². The first-order chi connectivity index (χ1) is 6.32. The molecule has 0 aromatic heterocycles. The SMILES string of the molecule is CNC(NC(=O)CN)C(=O)C(C)(C)C. The van der Waals surface area contributed by atoms with Gasteiger partial charge in [0.1, 0.15) is 6.17 Å². The van der Waals surface area contributed by atoms with E-state index in [2.05, 4.69) is 10.6 Å². The van der Waals surface area contributed by atoms with E-state index in [1.54, 1.807) is 27.8 Å². The van der Waals surface area contributed by atoms with Crippen molar-refractivity contribution < 1.29 is 9.59 Å². The van der Waals surface area contributed by atoms with Crippen molar-refractivity contribution in [1.29, 1.82) is 0 Å². The van der Waals surface area contributed by atoms with E-state index in [0.717, 1.165) is 0 Å². The number of hydrogen-bond donors (Lipinski definition) is 3. The molecule has 0 aliphatic carbocycles. The van der Waals surface area contributed by atoms with E-state index >= 15 is 0 Å². The molecule has 0 spiro atoms. The average Bonchev–Trinajstić information content (AvgIpc) is 2.11. The molecule has 82 valence electrons. The number of ketones is 1. The molecule has 14 heavy (non-hydrogen) atoms. The van der Waals surface area contributed by atoms with Crippen LogP contribution in [0, 0.1) is 5.41 Å². The van der Waals surface area contributed by atoms with Crippen LogP contribution in [-0.2, 0) is 9.59 Å². The first-order valence-corrected chi connectivity index (χ1v) is 4.54. The molecular weight excluding hydrogens is 182 g/mol. The maximum Gasteiger partial charge on any atom is 0.235 e. The van der Waals surface area contributed by atoms with Crippen molar-refractivity contribution in [2.45, 2.75) is 26.9 Å². The lowest BCUT2D eigenvalue weighted by molar-refractivity contribution is -0.132. The quantitative estimate of drug-likeness (QED) is 0.521. The van der Waals surface area contributed by atoms with Crippen molar-refractivity contribution in [2.75, 3.05) is 13.6 Å². The molecule has 0 bridgehead atoms. The van der Waals surface area contributed by atoms with Crippen molar-refractivity contribution in [2.24, 2.45) is 11.1 Å². The standard InChI is InChI=1S/C9H19N3O2/c1-9(2,3)7(14)8(11-4)12-6(13)5-10/h8,11H,5,10H2,1-4H3,(H,12,13). The van der Waals surface area contributed by atoms with Gasteiger partial charge in [0, 0.05) is 5.41 Å². The van der Waals surface area contributed by atoms with Gasteiger partial charge in [0.25, 0.3) is 0 Å². The lowest BCUT2D eigenvalue weighted by Crippen LogP contribution is -2.54. The topological polar surface area (TPSA) is 84.2 Å². The summed E-state index contributed by atoms with van der Waals surface area (Å²) < 4.78 is 0. The van der Waals surface area contributed by atoms with Crippen LogP contribution in [0.25, 0.3) is 0 Å². The summed E-state index contributed by atoms with van der Waals surface area (Å²) in [5.74, 6) is -0.413. The molecule has 0 aliphatic rings. The van der Waals surface area contributed by atoms with Crippen LogP contribution in [0.2, 0.25) is 0 Å². The molecule has 0 aromatic rings. The monoisotopic (exact) mass is 201 g/mol. The van der Waals surface area contributed by atoms with Crippen LogP contribution in [0.1, 0.15) is 20.8 Å². The van der Waals surface area contributed by atoms with Crippen molar-refractivity contribution in [3.63, 3.8) is 0 Å². The maximum atomic E-state index is 11.7. The Labute approximate surface area is 84.4 Å². The van der Waals surface area contributed by atoms with Gasteiger partial charge in [-0.15, -0.1) is 0 Å². The Bertz CT molecular complexity index is 221. The van der Waals surface area contributed by atoms with Crippen LogP contribution < -0.4 is 16.4 Å². The lowest BCUT2D eigenvalue weighted by Gasteiger charge is -2.24. The summed E-state index contributed by atoms with van der Waals surface area (Å²) in [6, 6.07) is 0. The minimum atomic E-state index is -0.661. The van der Waals surface area contributed by atoms with Crippen molar-refractivity contribution in [3.8, 4) is 0 Å². The Balaban J connectivity index is 4.42. The zero-order valence-corrected chi connectivity index (χ0v) is 9.18. The zero-order chi connectivity index (χ0) is 11.4. The highest BCUT2D eigenvalue weighted by Crippen LogP contribution is 2.15. The van der Waals surface area contributed by atoms with Gasteiger partial charge >= 0.3 is 0 Å². The second-order valence-corrected chi connectivity index (χ2v) is 4.11. The molecule has 0 heterocycles. The number of nitrogens with two attached hydrogens (primary N) is 1. The molecular formula is C9H19N3O2. The smallest absolute Gasteiger partial charge is 0.235 e. The second kappa shape index (κ2) is 5.07. The zero-order valence-electron chi connectivity index (χ0n) is 9.18. The van der Waals surface area contributed by atoms with Crippen LogP contribution in [-0.4, -0.2) is 31.4 Å². The summed E-state index contributed by atoms with van der Waals surface area (Å²) in [4.78, 5) is 22.7. The maximum absolute atomic E-state index is 11.7. The Hall–Kier alpha value is -0.940. The predicted molar refractivity (Wildman–Crippen MR) is 54.5 cm³/mol. The fraction of sp³-hybridized carbons (Fsp3) is 0.778. The molecule has 0 aliphatic heterocycles. The van der Waals surface area contributed by atoms with E-state index in [0.29, 0.717) is 0 Å². The van der Waals surface area contributed by atoms with Gasteiger partial charge in [0.15, 0.2) is 5.78 Å². The summed E-state index contributed by atoms with van der Waals surface area (Å²) in [5, 5.41) is 5.23. The number of Topliss-reactive ketones (excluding diaryl/α,β-unsaturated/α-hetero) is 1. The Morgan fingerprint density at radius 3 is 2.14 bits per heavy atom. The number of carbonyl (C=O) groups is 2. The van der Waals surface area contributed by atoms with E-state index < -0.39 is 11.6 Å². The van der Waals surface area contributed by atoms with Crippen LogP contribution in [0.5, 0.6) is 0 Å². The minimum absolute atomic E-state index is 0.0678. The first kappa shape index (κ1) is 13.1. The third kappa shape index (κ3) is 3.85. The van der Waals surface area contributed by atoms with Gasteiger partial charge in [-0.3, -0.25) is 14.9 Å². The number of hydrogen-bond acceptors (Lipinski definition) is 4. The minimum Gasteiger partial charge on any atom is -0.333 e. The normalized spacial score (nSPS) is 13.5. The molecule has 5 nitrogen and oxygen atoms in total. The van der Waals surface area contributed by atoms with Crippen LogP contribution >= 0.6 is 0 Å². The molecule has 1 atom stereocenters. The summed E-state index contributed by atoms with van der Waals surface area (Å²) in [7, 11) is 1.62. The Morgan fingerprint density at radius 2 is 1.86 bits per heavy atom. The number of amides is 1. The van der Waals surface area contributed by atoms with Crippen molar-refractivity contribution >= 4 is 11.7 Å². The van der Waals surface area contributed by atoms with Gasteiger partial charge in [-0.05, 0) is 7.05 Å². The fourth-order valence-electron chi connectivity index (χ4n) is 0.922. The van der Waals surface area contributed by atoms with Crippen molar-refractivity contribution in [3.05, 3.63) is 0 Å². The largest absolute Gasteiger partial charge is 0.333 e. The first-order valence-electron chi connectivity index (χ1n) is 4.54. The van der Waals surface area contributed by atoms with Gasteiger partial charge in [-0.2, -0.15) is 0 Å². The van der Waals surface area contributed by atoms with Gasteiger partial charge in [-0.1, -0.05) is 20.8 Å². The molecule has 0 saturated carbocycles. The highest BCUT2D eigenvalue weighted by molar-refractivity contribution is 5.92. The van der Waals surface area contributed by atoms with Crippen LogP contribution in [0.4, 0.5) is 0 Å². The third-order valence-corrected chi connectivity index (χ3v) is 1.78. The Kier molecular flexibility index (Phi) is 4.73. The molecule has 0 aromatic carbocycles. The molecule has 0 fully saturated rings. The fourth-order valence-corrected chi connectivity index (χ4v) is 0.922. The van der Waals surface area contributed by atoms with E-state index in [1.807, 2.05) is 0 Å². The molecule has 4 N–H and O–H groups in total.